The van der Waals surface area contributed by atoms with Crippen molar-refractivity contribution in [3.8, 4) is 10.4 Å². The average Bonchev–Trinajstić information content (AvgIpc) is 2.74. The highest BCUT2D eigenvalue weighted by Gasteiger charge is 2.34. The zero-order valence-corrected chi connectivity index (χ0v) is 8.80. The molecule has 0 atom stereocenters. The molecule has 0 amide bonds. The Balaban J connectivity index is 2.58. The van der Waals surface area contributed by atoms with Gasteiger partial charge < -0.3 is 0 Å². The van der Waals surface area contributed by atoms with Gasteiger partial charge in [0.25, 0.3) is 0 Å². The van der Waals surface area contributed by atoms with Crippen molar-refractivity contribution in [3.63, 3.8) is 0 Å². The lowest BCUT2D eigenvalue weighted by Gasteiger charge is -1.89. The van der Waals surface area contributed by atoms with E-state index in [-0.39, 0.29) is 0 Å². The van der Waals surface area contributed by atoms with E-state index in [4.69, 9.17) is 0 Å². The first-order valence-electron chi connectivity index (χ1n) is 3.62. The lowest BCUT2D eigenvalue weighted by atomic mass is 10.3. The van der Waals surface area contributed by atoms with Crippen molar-refractivity contribution < 1.29 is 8.42 Å². The van der Waals surface area contributed by atoms with Gasteiger partial charge in [0.15, 0.2) is 0 Å². The Bertz CT molecular complexity index is 528. The molecule has 0 saturated heterocycles. The van der Waals surface area contributed by atoms with Crippen LogP contribution in [0.25, 0.3) is 10.4 Å². The van der Waals surface area contributed by atoms with Crippen molar-refractivity contribution >= 4 is 32.5 Å². The summed E-state index contributed by atoms with van der Waals surface area (Å²) in [6, 6.07) is 3.56. The van der Waals surface area contributed by atoms with Crippen LogP contribution in [0.1, 0.15) is 0 Å². The largest absolute Gasteiger partial charge is 0.218 e. The molecule has 0 radical (unpaired) electrons. The van der Waals surface area contributed by atoms with Crippen LogP contribution < -0.4 is 0 Å². The van der Waals surface area contributed by atoms with Crippen molar-refractivity contribution in [2.45, 2.75) is 9.10 Å². The molecule has 0 N–H and O–H groups in total. The van der Waals surface area contributed by atoms with E-state index >= 15 is 0 Å². The Morgan fingerprint density at radius 1 is 1.08 bits per heavy atom. The van der Waals surface area contributed by atoms with Crippen LogP contribution in [0.5, 0.6) is 0 Å². The average molecular weight is 228 g/mol. The number of hydrogen-bond acceptors (Lipinski definition) is 4. The molecule has 0 unspecified atom stereocenters. The molecule has 1 aliphatic heterocycles. The van der Waals surface area contributed by atoms with Crippen LogP contribution in [-0.4, -0.2) is 8.42 Å². The molecule has 2 nitrogen and oxygen atoms in total. The fourth-order valence-electron chi connectivity index (χ4n) is 1.48. The number of fused-ring (bicyclic) bond motifs is 3. The standard InChI is InChI=1S/C8H4O2S3/c9-13(10)6-2-4-11-7(6)5-1-3-12-8(5)13/h1-4H. The third kappa shape index (κ3) is 0.794. The Morgan fingerprint density at radius 3 is 2.69 bits per heavy atom. The molecule has 0 aromatic carbocycles. The van der Waals surface area contributed by atoms with Gasteiger partial charge >= 0.3 is 0 Å². The monoisotopic (exact) mass is 228 g/mol. The first-order chi connectivity index (χ1) is 6.21. The van der Waals surface area contributed by atoms with E-state index in [2.05, 4.69) is 0 Å². The van der Waals surface area contributed by atoms with Crippen LogP contribution in [0.15, 0.2) is 32.0 Å². The van der Waals surface area contributed by atoms with Crippen LogP contribution in [0.2, 0.25) is 0 Å². The fourth-order valence-corrected chi connectivity index (χ4v) is 5.82. The molecular formula is C8H4O2S3. The summed E-state index contributed by atoms with van der Waals surface area (Å²) in [7, 11) is -3.15. The third-order valence-corrected chi connectivity index (χ3v) is 6.39. The summed E-state index contributed by atoms with van der Waals surface area (Å²) in [6.45, 7) is 0. The molecular weight excluding hydrogens is 224 g/mol. The minimum Gasteiger partial charge on any atom is -0.218 e. The highest BCUT2D eigenvalue weighted by Crippen LogP contribution is 2.48. The van der Waals surface area contributed by atoms with Gasteiger partial charge in [0.05, 0.1) is 9.77 Å². The van der Waals surface area contributed by atoms with E-state index < -0.39 is 9.84 Å². The first kappa shape index (κ1) is 7.73. The number of rotatable bonds is 0. The smallest absolute Gasteiger partial charge is 0.218 e. The summed E-state index contributed by atoms with van der Waals surface area (Å²) < 4.78 is 24.1. The molecule has 0 bridgehead atoms. The van der Waals surface area contributed by atoms with Gasteiger partial charge in [0.2, 0.25) is 9.84 Å². The number of hydrogen-bond donors (Lipinski definition) is 0. The zero-order valence-electron chi connectivity index (χ0n) is 6.35. The number of sulfone groups is 1. The topological polar surface area (TPSA) is 34.1 Å². The summed E-state index contributed by atoms with van der Waals surface area (Å²) in [5, 5.41) is 3.65. The Hall–Kier alpha value is -0.650. The Kier molecular flexibility index (Phi) is 1.33. The summed E-state index contributed by atoms with van der Waals surface area (Å²) in [4.78, 5) is 1.38. The van der Waals surface area contributed by atoms with Crippen molar-refractivity contribution in [1.82, 2.24) is 0 Å². The minimum absolute atomic E-state index is 0.486. The summed E-state index contributed by atoms with van der Waals surface area (Å²) >= 11 is 2.79. The second-order valence-electron chi connectivity index (χ2n) is 2.74. The van der Waals surface area contributed by atoms with E-state index in [0.29, 0.717) is 9.10 Å². The van der Waals surface area contributed by atoms with Crippen molar-refractivity contribution in [3.05, 3.63) is 22.9 Å². The molecule has 13 heavy (non-hydrogen) atoms. The van der Waals surface area contributed by atoms with Gasteiger partial charge in [-0.15, -0.1) is 22.7 Å². The van der Waals surface area contributed by atoms with Crippen LogP contribution >= 0.6 is 22.7 Å². The van der Waals surface area contributed by atoms with E-state index in [1.54, 1.807) is 6.07 Å². The molecule has 0 spiro atoms. The van der Waals surface area contributed by atoms with Gasteiger partial charge in [0, 0.05) is 5.56 Å². The second kappa shape index (κ2) is 2.23. The maximum atomic E-state index is 11.8. The molecule has 2 aromatic rings. The van der Waals surface area contributed by atoms with E-state index in [0.717, 1.165) is 10.4 Å². The second-order valence-corrected chi connectivity index (χ2v) is 6.68. The van der Waals surface area contributed by atoms with Gasteiger partial charge in [-0.05, 0) is 22.9 Å². The lowest BCUT2D eigenvalue weighted by molar-refractivity contribution is 0.600. The highest BCUT2D eigenvalue weighted by atomic mass is 32.2. The predicted molar refractivity (Wildman–Crippen MR) is 53.1 cm³/mol. The Morgan fingerprint density at radius 2 is 1.85 bits per heavy atom. The molecule has 0 aliphatic carbocycles. The van der Waals surface area contributed by atoms with Crippen LogP contribution in [0.3, 0.4) is 0 Å². The van der Waals surface area contributed by atoms with E-state index in [1.165, 1.54) is 22.7 Å². The predicted octanol–water partition coefficient (Wildman–Crippen LogP) is 2.62. The highest BCUT2D eigenvalue weighted by molar-refractivity contribution is 7.94. The molecule has 1 aliphatic rings. The number of thiophene rings is 2. The maximum absolute atomic E-state index is 11.8. The normalized spacial score (nSPS) is 16.9. The summed E-state index contributed by atoms with van der Waals surface area (Å²) in [5.41, 5.74) is 0.884. The molecule has 66 valence electrons. The van der Waals surface area contributed by atoms with Crippen molar-refractivity contribution in [2.75, 3.05) is 0 Å². The molecule has 2 aromatic heterocycles. The minimum atomic E-state index is -3.15. The molecule has 3 heterocycles. The quantitative estimate of drug-likeness (QED) is 0.592. The van der Waals surface area contributed by atoms with Crippen LogP contribution in [0, 0.1) is 0 Å². The fraction of sp³-hybridized carbons (Fsp3) is 0. The van der Waals surface area contributed by atoms with E-state index in [9.17, 15) is 8.42 Å². The maximum Gasteiger partial charge on any atom is 0.218 e. The van der Waals surface area contributed by atoms with Crippen LogP contribution in [0.4, 0.5) is 0 Å². The van der Waals surface area contributed by atoms with Gasteiger partial charge in [-0.25, -0.2) is 8.42 Å². The van der Waals surface area contributed by atoms with Crippen molar-refractivity contribution in [2.24, 2.45) is 0 Å². The van der Waals surface area contributed by atoms with Gasteiger partial charge in [-0.1, -0.05) is 0 Å². The van der Waals surface area contributed by atoms with Gasteiger partial charge in [-0.3, -0.25) is 0 Å². The lowest BCUT2D eigenvalue weighted by Crippen LogP contribution is -1.92. The summed E-state index contributed by atoms with van der Waals surface area (Å²) in [6.07, 6.45) is 0. The van der Waals surface area contributed by atoms with Crippen LogP contribution in [-0.2, 0) is 9.84 Å². The van der Waals surface area contributed by atoms with Gasteiger partial charge in [-0.2, -0.15) is 0 Å². The molecule has 3 rings (SSSR count). The zero-order chi connectivity index (χ0) is 9.05. The SMILES string of the molecule is O=S1(=O)c2ccsc2-c2ccsc21. The third-order valence-electron chi connectivity index (χ3n) is 2.04. The molecule has 0 fully saturated rings. The molecule has 0 saturated carbocycles. The molecule has 5 heteroatoms. The van der Waals surface area contributed by atoms with Gasteiger partial charge in [0.1, 0.15) is 4.21 Å². The Labute approximate surface area is 83.4 Å². The first-order valence-corrected chi connectivity index (χ1v) is 6.86. The van der Waals surface area contributed by atoms with Crippen molar-refractivity contribution in [1.29, 1.82) is 0 Å². The van der Waals surface area contributed by atoms with E-state index in [1.807, 2.05) is 16.8 Å². The summed E-state index contributed by atoms with van der Waals surface area (Å²) in [5.74, 6) is 0.